The van der Waals surface area contributed by atoms with Gasteiger partial charge in [-0.05, 0) is 34.5 Å². The number of aryl methyl sites for hydroxylation is 1. The molecule has 1 aromatic heterocycles. The molecule has 1 aliphatic rings. The quantitative estimate of drug-likeness (QED) is 0.799. The van der Waals surface area contributed by atoms with Crippen molar-refractivity contribution in [1.82, 2.24) is 4.98 Å². The van der Waals surface area contributed by atoms with Crippen molar-refractivity contribution in [3.05, 3.63) is 22.4 Å². The van der Waals surface area contributed by atoms with Crippen molar-refractivity contribution in [3.63, 3.8) is 0 Å². The number of aromatic nitrogens is 1. The van der Waals surface area contributed by atoms with Gasteiger partial charge in [0.15, 0.2) is 0 Å². The van der Waals surface area contributed by atoms with Crippen LogP contribution in [0, 0.1) is 6.92 Å². The third kappa shape index (κ3) is 2.40. The fraction of sp³-hybridized carbons (Fsp3) is 0.400. The van der Waals surface area contributed by atoms with Gasteiger partial charge < -0.3 is 4.90 Å². The lowest BCUT2D eigenvalue weighted by atomic mass is 10.2. The highest BCUT2D eigenvalue weighted by molar-refractivity contribution is 9.10. The van der Waals surface area contributed by atoms with Crippen LogP contribution in [0.1, 0.15) is 12.0 Å². The van der Waals surface area contributed by atoms with Crippen molar-refractivity contribution in [2.75, 3.05) is 11.4 Å². The van der Waals surface area contributed by atoms with Gasteiger partial charge in [-0.25, -0.2) is 18.5 Å². The van der Waals surface area contributed by atoms with E-state index in [1.54, 1.807) is 12.3 Å². The molecule has 1 saturated heterocycles. The molecule has 1 unspecified atom stereocenters. The van der Waals surface area contributed by atoms with Crippen molar-refractivity contribution in [1.29, 1.82) is 0 Å². The molecule has 1 aromatic rings. The Hall–Kier alpha value is -0.990. The molecule has 0 saturated carbocycles. The molecule has 0 aliphatic carbocycles. The second-order valence-corrected chi connectivity index (χ2v) is 6.78. The van der Waals surface area contributed by atoms with Gasteiger partial charge in [0.05, 0.1) is 5.69 Å². The number of carbonyl (C=O) groups excluding carboxylic acids is 1. The zero-order valence-corrected chi connectivity index (χ0v) is 12.0. The number of anilines is 1. The molecular formula is C10H12BrN3O3S. The number of hydrogen-bond acceptors (Lipinski definition) is 4. The van der Waals surface area contributed by atoms with E-state index in [-0.39, 0.29) is 18.9 Å². The van der Waals surface area contributed by atoms with Gasteiger partial charge in [-0.3, -0.25) is 4.79 Å². The molecule has 8 heteroatoms. The predicted molar refractivity (Wildman–Crippen MR) is 70.5 cm³/mol. The average molecular weight is 334 g/mol. The number of halogens is 1. The third-order valence-electron chi connectivity index (χ3n) is 2.91. The maximum Gasteiger partial charge on any atom is 0.228 e. The van der Waals surface area contributed by atoms with E-state index in [4.69, 9.17) is 5.14 Å². The molecule has 1 amide bonds. The van der Waals surface area contributed by atoms with E-state index >= 15 is 0 Å². The van der Waals surface area contributed by atoms with Crippen LogP contribution in [0.15, 0.2) is 16.9 Å². The van der Waals surface area contributed by atoms with Crippen LogP contribution in [-0.2, 0) is 14.8 Å². The first-order valence-electron chi connectivity index (χ1n) is 5.24. The molecule has 2 rings (SSSR count). The Labute approximate surface area is 113 Å². The zero-order chi connectivity index (χ0) is 13.5. The summed E-state index contributed by atoms with van der Waals surface area (Å²) in [7, 11) is -3.70. The molecule has 0 aromatic carbocycles. The van der Waals surface area contributed by atoms with Crippen LogP contribution in [0.4, 0.5) is 5.69 Å². The molecule has 2 heterocycles. The number of nitrogens with two attached hydrogens (primary N) is 1. The van der Waals surface area contributed by atoms with Crippen LogP contribution in [0.5, 0.6) is 0 Å². The maximum absolute atomic E-state index is 11.9. The topological polar surface area (TPSA) is 93.4 Å². The Balaban J connectivity index is 2.39. The lowest BCUT2D eigenvalue weighted by molar-refractivity contribution is -0.117. The van der Waals surface area contributed by atoms with Crippen molar-refractivity contribution < 1.29 is 13.2 Å². The normalized spacial score (nSPS) is 20.5. The first kappa shape index (κ1) is 13.4. The summed E-state index contributed by atoms with van der Waals surface area (Å²) in [5, 5.41) is 4.23. The highest BCUT2D eigenvalue weighted by Gasteiger charge is 2.38. The number of rotatable bonds is 2. The Morgan fingerprint density at radius 1 is 1.56 bits per heavy atom. The van der Waals surface area contributed by atoms with Gasteiger partial charge in [-0.15, -0.1) is 0 Å². The van der Waals surface area contributed by atoms with E-state index in [1.807, 2.05) is 6.92 Å². The van der Waals surface area contributed by atoms with E-state index in [2.05, 4.69) is 20.9 Å². The minimum absolute atomic E-state index is 0.0722. The fourth-order valence-electron chi connectivity index (χ4n) is 1.95. The number of primary sulfonamides is 1. The highest BCUT2D eigenvalue weighted by Crippen LogP contribution is 2.32. The molecule has 0 radical (unpaired) electrons. The Morgan fingerprint density at radius 3 is 2.72 bits per heavy atom. The third-order valence-corrected chi connectivity index (χ3v) is 4.73. The van der Waals surface area contributed by atoms with Crippen LogP contribution in [-0.4, -0.2) is 31.1 Å². The SMILES string of the molecule is Cc1ccnc(Br)c1N1CC(S(N)(=O)=O)CC1=O. The summed E-state index contributed by atoms with van der Waals surface area (Å²) in [6, 6.07) is 1.76. The summed E-state index contributed by atoms with van der Waals surface area (Å²) in [5.74, 6) is -0.258. The summed E-state index contributed by atoms with van der Waals surface area (Å²) >= 11 is 3.27. The monoisotopic (exact) mass is 333 g/mol. The second kappa shape index (κ2) is 4.60. The largest absolute Gasteiger partial charge is 0.308 e. The molecule has 98 valence electrons. The van der Waals surface area contributed by atoms with Crippen molar-refractivity contribution in [2.45, 2.75) is 18.6 Å². The van der Waals surface area contributed by atoms with Crippen LogP contribution in [0.25, 0.3) is 0 Å². The van der Waals surface area contributed by atoms with Gasteiger partial charge in [-0.1, -0.05) is 0 Å². The summed E-state index contributed by atoms with van der Waals surface area (Å²) < 4.78 is 23.1. The molecular weight excluding hydrogens is 322 g/mol. The maximum atomic E-state index is 11.9. The molecule has 1 atom stereocenters. The number of pyridine rings is 1. The Kier molecular flexibility index (Phi) is 3.43. The smallest absolute Gasteiger partial charge is 0.228 e. The lowest BCUT2D eigenvalue weighted by Gasteiger charge is -2.19. The molecule has 0 spiro atoms. The predicted octanol–water partition coefficient (Wildman–Crippen LogP) is 0.546. The molecule has 18 heavy (non-hydrogen) atoms. The van der Waals surface area contributed by atoms with E-state index in [0.717, 1.165) is 5.56 Å². The van der Waals surface area contributed by atoms with E-state index in [9.17, 15) is 13.2 Å². The first-order valence-corrected chi connectivity index (χ1v) is 7.64. The molecule has 0 bridgehead atoms. The van der Waals surface area contributed by atoms with Crippen LogP contribution in [0.2, 0.25) is 0 Å². The number of nitrogens with zero attached hydrogens (tertiary/aromatic N) is 2. The summed E-state index contributed by atoms with van der Waals surface area (Å²) in [4.78, 5) is 17.4. The van der Waals surface area contributed by atoms with Gasteiger partial charge in [0, 0.05) is 19.2 Å². The fourth-order valence-corrected chi connectivity index (χ4v) is 3.33. The number of hydrogen-bond donors (Lipinski definition) is 1. The first-order chi connectivity index (χ1) is 8.30. The summed E-state index contributed by atoms with van der Waals surface area (Å²) in [5.41, 5.74) is 1.45. The van der Waals surface area contributed by atoms with Crippen molar-refractivity contribution in [2.24, 2.45) is 5.14 Å². The van der Waals surface area contributed by atoms with Gasteiger partial charge in [0.2, 0.25) is 15.9 Å². The van der Waals surface area contributed by atoms with E-state index in [1.165, 1.54) is 4.90 Å². The minimum Gasteiger partial charge on any atom is -0.308 e. The standard InChI is InChI=1S/C10H12BrN3O3S/c1-6-2-3-13-10(11)9(6)14-5-7(4-8(14)15)18(12,16)17/h2-3,7H,4-5H2,1H3,(H2,12,16,17). The van der Waals surface area contributed by atoms with E-state index in [0.29, 0.717) is 10.3 Å². The minimum atomic E-state index is -3.70. The highest BCUT2D eigenvalue weighted by atomic mass is 79.9. The van der Waals surface area contributed by atoms with Crippen LogP contribution >= 0.6 is 15.9 Å². The zero-order valence-electron chi connectivity index (χ0n) is 9.63. The van der Waals surface area contributed by atoms with Crippen LogP contribution < -0.4 is 10.0 Å². The second-order valence-electron chi connectivity index (χ2n) is 4.19. The summed E-state index contributed by atoms with van der Waals surface area (Å²) in [6.45, 7) is 1.90. The molecule has 6 nitrogen and oxygen atoms in total. The number of amides is 1. The van der Waals surface area contributed by atoms with Gasteiger partial charge >= 0.3 is 0 Å². The Bertz CT molecular complexity index is 582. The molecule has 1 fully saturated rings. The van der Waals surface area contributed by atoms with Crippen molar-refractivity contribution in [3.8, 4) is 0 Å². The van der Waals surface area contributed by atoms with Gasteiger partial charge in [0.25, 0.3) is 0 Å². The average Bonchev–Trinajstić information content (AvgIpc) is 2.60. The van der Waals surface area contributed by atoms with Crippen molar-refractivity contribution >= 4 is 37.5 Å². The lowest BCUT2D eigenvalue weighted by Crippen LogP contribution is -2.32. The van der Waals surface area contributed by atoms with Crippen LogP contribution in [0.3, 0.4) is 0 Å². The van der Waals surface area contributed by atoms with E-state index < -0.39 is 15.3 Å². The Morgan fingerprint density at radius 2 is 2.22 bits per heavy atom. The van der Waals surface area contributed by atoms with Gasteiger partial charge in [0.1, 0.15) is 9.85 Å². The molecule has 2 N–H and O–H groups in total. The van der Waals surface area contributed by atoms with Gasteiger partial charge in [-0.2, -0.15) is 0 Å². The summed E-state index contributed by atoms with van der Waals surface area (Å²) in [6.07, 6.45) is 1.53. The number of sulfonamides is 1. The molecule has 1 aliphatic heterocycles. The number of carbonyl (C=O) groups is 1.